The van der Waals surface area contributed by atoms with E-state index in [0.29, 0.717) is 56.4 Å². The summed E-state index contributed by atoms with van der Waals surface area (Å²) in [4.78, 5) is 128. The second-order valence-corrected chi connectivity index (χ2v) is 28.3. The number of aryl methyl sites for hydroxylation is 2. The Balaban J connectivity index is 0.00000672. The molecule has 2 unspecified atom stereocenters. The standard InChI is InChI=1S/C62H90N13O14P.CH3.Co/c1-29-20-39-40(21-30(29)2)75(28-70-39)57-52(84)53(41(27-76)87-57)89-90(85,86)88-31(3)26-69-49(83)18-19-59(8)37(22-46(66)80)56-62(11)61(10,25-48(68)82)36(14-17-45(65)79)51(74-62)33(5)55-60(9,24-47(67)81)34(12-15-43(63)77)38(71-55)23-42-58(6,7)35(13-16-44(64)78)50(72-42)32(4)54(59)73-56;;/h20-21,23,28,31,34-37,41,52-53,56-57,76,84H,12-19,22,24-27H2,1-11H3,(H15,63,64,65,66,67,68,69,71,72,73,74,77,78,79,80,81,82,83,85,86);1H3;/q;-1;+3/p-2/t31-,34-,35-,36-,37+,41-,52?,53-,56+,57+,59-,60+,61+,62+;;/m1../s1. The first-order chi connectivity index (χ1) is 41.8. The number of fused-ring (bicyclic) bond motifs is 7. The number of hydrogen-bond donors (Lipinski definition) is 9. The van der Waals surface area contributed by atoms with Crippen LogP contribution in [0.1, 0.15) is 150 Å². The summed E-state index contributed by atoms with van der Waals surface area (Å²) in [7, 11) is -5.32. The molecule has 7 heterocycles. The number of nitrogens with one attached hydrogen (secondary N) is 1. The van der Waals surface area contributed by atoms with Crippen LogP contribution < -0.4 is 44.6 Å². The fourth-order valence-electron chi connectivity index (χ4n) is 15.3. The monoisotopic (exact) mass is 1340 g/mol. The number of rotatable bonds is 26. The van der Waals surface area contributed by atoms with Gasteiger partial charge in [0.2, 0.25) is 41.4 Å². The van der Waals surface area contributed by atoms with Crippen molar-refractivity contribution in [3.05, 3.63) is 76.6 Å². The van der Waals surface area contributed by atoms with Crippen LogP contribution in [0.15, 0.2) is 67.8 Å². The zero-order valence-corrected chi connectivity index (χ0v) is 56.4. The van der Waals surface area contributed by atoms with Crippen LogP contribution in [0.4, 0.5) is 0 Å². The Kier molecular flexibility index (Phi) is 22.6. The van der Waals surface area contributed by atoms with Gasteiger partial charge in [-0.2, -0.15) is 5.70 Å². The second-order valence-electron chi connectivity index (χ2n) is 27.0. The van der Waals surface area contributed by atoms with Crippen LogP contribution in [0, 0.1) is 66.6 Å². The van der Waals surface area contributed by atoms with Crippen LogP contribution in [0.25, 0.3) is 16.4 Å². The minimum absolute atomic E-state index is 0. The number of carbonyl (C=O) groups excluding carboxylic acids is 7. The molecule has 6 aliphatic heterocycles. The zero-order chi connectivity index (χ0) is 66.7. The van der Waals surface area contributed by atoms with E-state index in [2.05, 4.69) is 10.3 Å². The molecular formula is C63H91CoN13O14P. The summed E-state index contributed by atoms with van der Waals surface area (Å²) in [5.74, 6) is -7.40. The number of hydrogen-bond acceptors (Lipinski definition) is 18. The van der Waals surface area contributed by atoms with E-state index in [1.54, 1.807) is 6.92 Å². The summed E-state index contributed by atoms with van der Waals surface area (Å²) in [5.41, 5.74) is 36.7. The van der Waals surface area contributed by atoms with Gasteiger partial charge < -0.3 is 85.9 Å². The van der Waals surface area contributed by atoms with E-state index < -0.39 is 143 Å². The zero-order valence-electron chi connectivity index (χ0n) is 54.5. The van der Waals surface area contributed by atoms with E-state index in [1.807, 2.05) is 80.5 Å². The summed E-state index contributed by atoms with van der Waals surface area (Å²) in [6, 6.07) is 2.65. The number of nitrogens with two attached hydrogens (primary N) is 6. The van der Waals surface area contributed by atoms with Gasteiger partial charge in [0, 0.05) is 108 Å². The van der Waals surface area contributed by atoms with Crippen molar-refractivity contribution in [3.63, 3.8) is 0 Å². The van der Waals surface area contributed by atoms with Crippen molar-refractivity contribution in [2.45, 2.75) is 189 Å². The van der Waals surface area contributed by atoms with E-state index in [-0.39, 0.29) is 101 Å². The second kappa shape index (κ2) is 27.8. The van der Waals surface area contributed by atoms with Crippen LogP contribution in [0.2, 0.25) is 0 Å². The van der Waals surface area contributed by atoms with Gasteiger partial charge in [-0.25, -0.2) is 4.98 Å². The van der Waals surface area contributed by atoms with E-state index in [1.165, 1.54) is 17.8 Å². The van der Waals surface area contributed by atoms with Gasteiger partial charge in [0.05, 0.1) is 41.3 Å². The molecule has 27 nitrogen and oxygen atoms in total. The number of phosphoric acid groups is 1. The predicted molar refractivity (Wildman–Crippen MR) is 338 cm³/mol. The molecule has 1 aromatic carbocycles. The summed E-state index contributed by atoms with van der Waals surface area (Å²) >= 11 is 0. The molecule has 0 spiro atoms. The first-order valence-corrected chi connectivity index (χ1v) is 32.0. The van der Waals surface area contributed by atoms with E-state index >= 15 is 0 Å². The third-order valence-electron chi connectivity index (χ3n) is 20.5. The third kappa shape index (κ3) is 14.1. The van der Waals surface area contributed by atoms with Gasteiger partial charge in [-0.3, -0.25) is 53.1 Å². The van der Waals surface area contributed by atoms with Crippen LogP contribution in [0.3, 0.4) is 0 Å². The molecule has 506 valence electrons. The van der Waals surface area contributed by atoms with Crippen LogP contribution in [-0.2, 0) is 68.7 Å². The van der Waals surface area contributed by atoms with Crippen molar-refractivity contribution >= 4 is 77.3 Å². The molecule has 2 fully saturated rings. The number of amides is 7. The van der Waals surface area contributed by atoms with E-state index in [4.69, 9.17) is 68.5 Å². The molecule has 0 saturated carbocycles. The van der Waals surface area contributed by atoms with Crippen LogP contribution in [-0.4, -0.2) is 127 Å². The number of allylic oxidation sites excluding steroid dienone is 6. The molecule has 6 aliphatic rings. The van der Waals surface area contributed by atoms with Crippen LogP contribution in [0.5, 0.6) is 0 Å². The summed E-state index contributed by atoms with van der Waals surface area (Å²) in [5, 5.41) is 30.1. The third-order valence-corrected chi connectivity index (χ3v) is 21.6. The number of aliphatic imine (C=N–C) groups is 3. The summed E-state index contributed by atoms with van der Waals surface area (Å²) < 4.78 is 31.9. The molecule has 2 saturated heterocycles. The first kappa shape index (κ1) is 74.5. The summed E-state index contributed by atoms with van der Waals surface area (Å²) in [6.07, 6.45) is -4.79. The predicted octanol–water partition coefficient (Wildman–Crippen LogP) is 3.76. The van der Waals surface area contributed by atoms with Gasteiger partial charge in [0.25, 0.3) is 7.82 Å². The number of primary amides is 6. The Bertz CT molecular complexity index is 3540. The van der Waals surface area contributed by atoms with Crippen molar-refractivity contribution in [2.75, 3.05) is 13.2 Å². The number of nitrogens with zero attached hydrogens (tertiary/aromatic N) is 6. The molecule has 92 heavy (non-hydrogen) atoms. The molecule has 8 bridgehead atoms. The Hall–Kier alpha value is -6.49. The van der Waals surface area contributed by atoms with Crippen LogP contribution >= 0.6 is 7.82 Å². The van der Waals surface area contributed by atoms with Gasteiger partial charge in [-0.1, -0.05) is 40.7 Å². The van der Waals surface area contributed by atoms with Crippen molar-refractivity contribution in [3.8, 4) is 0 Å². The molecular weight excluding hydrogens is 1250 g/mol. The SMILES string of the molecule is C/C1=C2/[N-][C@@H]([C@H](CC(N)=O)[C@@]2(C)CCC(=O)NC[C@@H](C)OP(=O)([O-])O[C@H]2C(O)[C@@H](n3cnc4cc(C)c(C)cc43)O[C@@H]2CO)[C@]2(C)N=C(/C(C)=C3N=C(/C=C4N=C1[C@@H](CCC(N)=O)C\4(C)C)[C@@H](CCC(N)=O)[C@]\3(C)CC(N)=O)[C@@H](CCC(N)=O)[C@]2(C)CC(N)=O.[CH3-].[Co+3]. The normalized spacial score (nSPS) is 33.5. The maximum Gasteiger partial charge on any atom is 3.00 e. The van der Waals surface area contributed by atoms with Crippen molar-refractivity contribution < 1.29 is 83.8 Å². The molecule has 29 heteroatoms. The average Bonchev–Trinajstić information content (AvgIpc) is 1.53. The maximum atomic E-state index is 14.4. The number of ether oxygens (including phenoxy) is 1. The molecule has 2 aromatic rings. The number of aromatic nitrogens is 2. The fraction of sp³-hybridized carbons (Fsp3) is 0.619. The molecule has 15 atom stereocenters. The van der Waals surface area contributed by atoms with Crippen molar-refractivity contribution in [2.24, 2.45) is 94.7 Å². The molecule has 1 aromatic heterocycles. The quantitative estimate of drug-likeness (QED) is 0.0478. The Morgan fingerprint density at radius 1 is 0.793 bits per heavy atom. The van der Waals surface area contributed by atoms with Crippen molar-refractivity contribution in [1.82, 2.24) is 14.9 Å². The minimum Gasteiger partial charge on any atom is -0.756 e. The Morgan fingerprint density at radius 3 is 1.96 bits per heavy atom. The number of aliphatic hydroxyl groups excluding tert-OH is 2. The largest absolute Gasteiger partial charge is 3.00 e. The molecule has 0 aliphatic carbocycles. The number of aliphatic hydroxyl groups is 2. The number of carbonyl (C=O) groups is 7. The van der Waals surface area contributed by atoms with Gasteiger partial charge in [0.15, 0.2) is 6.23 Å². The fourth-order valence-corrected chi connectivity index (χ4v) is 16.4. The first-order valence-electron chi connectivity index (χ1n) is 30.5. The number of imidazole rings is 1. The molecule has 8 rings (SSSR count). The molecule has 7 amide bonds. The smallest absolute Gasteiger partial charge is 0.756 e. The van der Waals surface area contributed by atoms with Gasteiger partial charge in [0.1, 0.15) is 18.3 Å². The van der Waals surface area contributed by atoms with Crippen molar-refractivity contribution in [1.29, 1.82) is 0 Å². The Morgan fingerprint density at radius 2 is 1.38 bits per heavy atom. The molecule has 0 radical (unpaired) electrons. The minimum atomic E-state index is -5.32. The van der Waals surface area contributed by atoms with Gasteiger partial charge >= 0.3 is 16.8 Å². The average molecular weight is 1340 g/mol. The van der Waals surface area contributed by atoms with Gasteiger partial charge in [-0.05, 0) is 119 Å². The van der Waals surface area contributed by atoms with E-state index in [0.717, 1.165) is 11.1 Å². The summed E-state index contributed by atoms with van der Waals surface area (Å²) in [6.45, 7) is 19.0. The number of phosphoric ester groups is 1. The maximum absolute atomic E-state index is 14.4. The van der Waals surface area contributed by atoms with E-state index in [9.17, 15) is 53.2 Å². The number of benzene rings is 1. The topological polar surface area (TPSA) is 465 Å². The Labute approximate surface area is 547 Å². The van der Waals surface area contributed by atoms with Gasteiger partial charge in [-0.15, -0.1) is 0 Å². The molecule has 15 N–H and O–H groups in total.